The third kappa shape index (κ3) is 3.11. The number of rotatable bonds is 5. The van der Waals surface area contributed by atoms with Gasteiger partial charge in [0, 0.05) is 18.1 Å². The van der Waals surface area contributed by atoms with E-state index in [1.807, 2.05) is 0 Å². The van der Waals surface area contributed by atoms with Gasteiger partial charge < -0.3 is 14.7 Å². The number of phenols is 1. The van der Waals surface area contributed by atoms with E-state index in [4.69, 9.17) is 9.99 Å². The SMILES string of the molecule is C=C(CC)OC(=O)C(=C)c1ccc(O)cc1OO. The lowest BCUT2D eigenvalue weighted by molar-refractivity contribution is -0.138. The van der Waals surface area contributed by atoms with E-state index < -0.39 is 5.97 Å². The van der Waals surface area contributed by atoms with Gasteiger partial charge in [0.15, 0.2) is 5.75 Å². The normalized spacial score (nSPS) is 9.67. The van der Waals surface area contributed by atoms with Crippen molar-refractivity contribution in [3.05, 3.63) is 42.7 Å². The van der Waals surface area contributed by atoms with E-state index in [1.54, 1.807) is 6.92 Å². The highest BCUT2D eigenvalue weighted by Crippen LogP contribution is 2.29. The first-order chi connectivity index (χ1) is 8.49. The number of carbonyl (C=O) groups excluding carboxylic acids is 1. The molecule has 0 spiro atoms. The van der Waals surface area contributed by atoms with Crippen LogP contribution in [0.25, 0.3) is 5.57 Å². The maximum Gasteiger partial charge on any atom is 0.343 e. The fourth-order valence-corrected chi connectivity index (χ4v) is 1.21. The van der Waals surface area contributed by atoms with Crippen molar-refractivity contribution in [1.82, 2.24) is 0 Å². The van der Waals surface area contributed by atoms with Gasteiger partial charge in [0.2, 0.25) is 0 Å². The first-order valence-corrected chi connectivity index (χ1v) is 5.23. The van der Waals surface area contributed by atoms with Gasteiger partial charge in [0.25, 0.3) is 0 Å². The minimum absolute atomic E-state index is 0.00588. The maximum atomic E-state index is 11.7. The Labute approximate surface area is 105 Å². The van der Waals surface area contributed by atoms with E-state index in [-0.39, 0.29) is 22.6 Å². The van der Waals surface area contributed by atoms with Crippen LogP contribution in [0.2, 0.25) is 0 Å². The number of carbonyl (C=O) groups is 1. The molecule has 0 unspecified atom stereocenters. The second kappa shape index (κ2) is 5.88. The molecule has 5 heteroatoms. The van der Waals surface area contributed by atoms with Gasteiger partial charge in [-0.2, -0.15) is 0 Å². The van der Waals surface area contributed by atoms with Gasteiger partial charge in [-0.05, 0) is 12.1 Å². The number of esters is 1. The van der Waals surface area contributed by atoms with E-state index in [0.29, 0.717) is 12.2 Å². The molecule has 96 valence electrons. The summed E-state index contributed by atoms with van der Waals surface area (Å²) in [6.45, 7) is 8.90. The van der Waals surface area contributed by atoms with Gasteiger partial charge >= 0.3 is 5.97 Å². The van der Waals surface area contributed by atoms with Crippen molar-refractivity contribution in [3.8, 4) is 11.5 Å². The highest BCUT2D eigenvalue weighted by Gasteiger charge is 2.17. The monoisotopic (exact) mass is 250 g/mol. The summed E-state index contributed by atoms with van der Waals surface area (Å²) in [5, 5.41) is 17.9. The molecule has 1 aromatic rings. The van der Waals surface area contributed by atoms with E-state index >= 15 is 0 Å². The topological polar surface area (TPSA) is 76.0 Å². The summed E-state index contributed by atoms with van der Waals surface area (Å²) < 4.78 is 4.91. The van der Waals surface area contributed by atoms with Crippen LogP contribution in [-0.4, -0.2) is 16.3 Å². The quantitative estimate of drug-likeness (QED) is 0.276. The molecule has 1 aromatic carbocycles. The predicted molar refractivity (Wildman–Crippen MR) is 65.9 cm³/mol. The van der Waals surface area contributed by atoms with Crippen LogP contribution in [0.5, 0.6) is 11.5 Å². The molecule has 0 saturated heterocycles. The standard InChI is InChI=1S/C13H14O5/c1-4-8(2)17-13(15)9(3)11-6-5-10(14)7-12(11)18-16/h5-7,14,16H,2-4H2,1H3. The van der Waals surface area contributed by atoms with Gasteiger partial charge in [0.05, 0.1) is 5.57 Å². The molecule has 0 radical (unpaired) electrons. The van der Waals surface area contributed by atoms with Crippen molar-refractivity contribution >= 4 is 11.5 Å². The highest BCUT2D eigenvalue weighted by molar-refractivity contribution is 6.16. The van der Waals surface area contributed by atoms with Crippen LogP contribution in [0.3, 0.4) is 0 Å². The predicted octanol–water partition coefficient (Wildman–Crippen LogP) is 2.72. The van der Waals surface area contributed by atoms with Crippen LogP contribution in [-0.2, 0) is 9.53 Å². The fourth-order valence-electron chi connectivity index (χ4n) is 1.21. The molecular formula is C13H14O5. The van der Waals surface area contributed by atoms with E-state index in [1.165, 1.54) is 12.1 Å². The lowest BCUT2D eigenvalue weighted by Crippen LogP contribution is -2.06. The fraction of sp³-hybridized carbons (Fsp3) is 0.154. The second-order valence-corrected chi connectivity index (χ2v) is 3.53. The molecule has 0 aliphatic rings. The van der Waals surface area contributed by atoms with E-state index in [0.717, 1.165) is 6.07 Å². The first-order valence-electron chi connectivity index (χ1n) is 5.23. The number of ether oxygens (including phenoxy) is 1. The molecule has 2 N–H and O–H groups in total. The van der Waals surface area contributed by atoms with Crippen molar-refractivity contribution in [1.29, 1.82) is 0 Å². The van der Waals surface area contributed by atoms with Crippen molar-refractivity contribution in [2.45, 2.75) is 13.3 Å². The molecule has 0 fully saturated rings. The average Bonchev–Trinajstić information content (AvgIpc) is 2.37. The Morgan fingerprint density at radius 3 is 2.61 bits per heavy atom. The zero-order valence-corrected chi connectivity index (χ0v) is 9.97. The molecule has 0 heterocycles. The largest absolute Gasteiger partial charge is 0.508 e. The van der Waals surface area contributed by atoms with Crippen LogP contribution >= 0.6 is 0 Å². The molecule has 5 nitrogen and oxygen atoms in total. The second-order valence-electron chi connectivity index (χ2n) is 3.53. The zero-order valence-electron chi connectivity index (χ0n) is 9.97. The minimum atomic E-state index is -0.689. The van der Waals surface area contributed by atoms with Gasteiger partial charge in [-0.15, -0.1) is 0 Å². The molecule has 0 amide bonds. The number of aromatic hydroxyl groups is 1. The molecule has 18 heavy (non-hydrogen) atoms. The molecule has 0 bridgehead atoms. The molecular weight excluding hydrogens is 236 g/mol. The number of allylic oxidation sites excluding steroid dienone is 1. The van der Waals surface area contributed by atoms with Crippen molar-refractivity contribution < 1.29 is 24.8 Å². The van der Waals surface area contributed by atoms with Gasteiger partial charge in [-0.1, -0.05) is 20.1 Å². The Morgan fingerprint density at radius 2 is 2.06 bits per heavy atom. The zero-order chi connectivity index (χ0) is 13.7. The summed E-state index contributed by atoms with van der Waals surface area (Å²) in [6.07, 6.45) is 0.498. The van der Waals surface area contributed by atoms with Crippen LogP contribution in [0.4, 0.5) is 0 Å². The third-order valence-electron chi connectivity index (χ3n) is 2.27. The summed E-state index contributed by atoms with van der Waals surface area (Å²) in [4.78, 5) is 15.8. The molecule has 0 saturated carbocycles. The van der Waals surface area contributed by atoms with Crippen molar-refractivity contribution in [2.24, 2.45) is 0 Å². The summed E-state index contributed by atoms with van der Waals surface area (Å²) >= 11 is 0. The Bertz CT molecular complexity index is 490. The lowest BCUT2D eigenvalue weighted by atomic mass is 10.1. The smallest absolute Gasteiger partial charge is 0.343 e. The average molecular weight is 250 g/mol. The van der Waals surface area contributed by atoms with Crippen LogP contribution < -0.4 is 4.89 Å². The Hall–Kier alpha value is -2.27. The van der Waals surface area contributed by atoms with Gasteiger partial charge in [-0.3, -0.25) is 0 Å². The molecule has 0 atom stereocenters. The first kappa shape index (κ1) is 13.8. The Morgan fingerprint density at radius 1 is 1.39 bits per heavy atom. The number of hydrogen-bond acceptors (Lipinski definition) is 5. The van der Waals surface area contributed by atoms with E-state index in [2.05, 4.69) is 18.0 Å². The summed E-state index contributed by atoms with van der Waals surface area (Å²) in [6, 6.07) is 3.88. The number of hydrogen-bond donors (Lipinski definition) is 2. The number of phenolic OH excluding ortho intramolecular Hbond substituents is 1. The van der Waals surface area contributed by atoms with Gasteiger partial charge in [0.1, 0.15) is 11.5 Å². The molecule has 0 aromatic heterocycles. The summed E-state index contributed by atoms with van der Waals surface area (Å²) in [5.74, 6) is -0.571. The van der Waals surface area contributed by atoms with Crippen molar-refractivity contribution in [3.63, 3.8) is 0 Å². The van der Waals surface area contributed by atoms with Crippen LogP contribution in [0.1, 0.15) is 18.9 Å². The Kier molecular flexibility index (Phi) is 4.51. The van der Waals surface area contributed by atoms with Crippen molar-refractivity contribution in [2.75, 3.05) is 0 Å². The summed E-state index contributed by atoms with van der Waals surface area (Å²) in [5.41, 5.74) is 0.220. The maximum absolute atomic E-state index is 11.7. The third-order valence-corrected chi connectivity index (χ3v) is 2.27. The van der Waals surface area contributed by atoms with E-state index in [9.17, 15) is 9.90 Å². The van der Waals surface area contributed by atoms with Crippen LogP contribution in [0, 0.1) is 0 Å². The molecule has 0 aliphatic carbocycles. The summed E-state index contributed by atoms with van der Waals surface area (Å²) in [7, 11) is 0. The number of benzene rings is 1. The molecule has 0 aliphatic heterocycles. The molecule has 1 rings (SSSR count). The Balaban J connectivity index is 2.96. The lowest BCUT2D eigenvalue weighted by Gasteiger charge is -2.10. The minimum Gasteiger partial charge on any atom is -0.508 e. The van der Waals surface area contributed by atoms with Gasteiger partial charge in [-0.25, -0.2) is 10.1 Å². The highest BCUT2D eigenvalue weighted by atomic mass is 17.1. The van der Waals surface area contributed by atoms with Crippen LogP contribution in [0.15, 0.2) is 37.1 Å².